The number of rotatable bonds is 8. The molecule has 0 heterocycles. The van der Waals surface area contributed by atoms with Gasteiger partial charge in [-0.3, -0.25) is 11.3 Å². The lowest BCUT2D eigenvalue weighted by atomic mass is 10.0. The SMILES string of the molecule is CCOCCC(NN)c1ccc(OC2CC2)cc1. The quantitative estimate of drug-likeness (QED) is 0.422. The molecular formula is C14H22N2O2. The van der Waals surface area contributed by atoms with Gasteiger partial charge < -0.3 is 9.47 Å². The van der Waals surface area contributed by atoms with Crippen LogP contribution in [0.5, 0.6) is 5.75 Å². The van der Waals surface area contributed by atoms with E-state index >= 15 is 0 Å². The zero-order valence-corrected chi connectivity index (χ0v) is 10.9. The van der Waals surface area contributed by atoms with E-state index in [2.05, 4.69) is 17.6 Å². The molecule has 0 saturated heterocycles. The van der Waals surface area contributed by atoms with Crippen LogP contribution in [-0.4, -0.2) is 19.3 Å². The molecule has 0 aliphatic heterocycles. The molecule has 1 unspecified atom stereocenters. The number of nitrogens with two attached hydrogens (primary N) is 1. The highest BCUT2D eigenvalue weighted by Gasteiger charge is 2.23. The molecule has 0 radical (unpaired) electrons. The molecule has 0 bridgehead atoms. The minimum atomic E-state index is 0.131. The molecule has 0 amide bonds. The van der Waals surface area contributed by atoms with Crippen molar-refractivity contribution in [2.24, 2.45) is 5.84 Å². The Balaban J connectivity index is 1.88. The fourth-order valence-corrected chi connectivity index (χ4v) is 1.85. The second kappa shape index (κ2) is 6.73. The first-order valence-electron chi connectivity index (χ1n) is 6.64. The van der Waals surface area contributed by atoms with Crippen LogP contribution in [0.4, 0.5) is 0 Å². The van der Waals surface area contributed by atoms with Gasteiger partial charge in [-0.2, -0.15) is 0 Å². The van der Waals surface area contributed by atoms with E-state index in [1.807, 2.05) is 19.1 Å². The summed E-state index contributed by atoms with van der Waals surface area (Å²) in [5.74, 6) is 6.53. The van der Waals surface area contributed by atoms with Gasteiger partial charge in [-0.05, 0) is 43.9 Å². The molecule has 2 rings (SSSR count). The number of nitrogens with one attached hydrogen (secondary N) is 1. The van der Waals surface area contributed by atoms with Crippen molar-refractivity contribution in [1.82, 2.24) is 5.43 Å². The molecule has 1 aliphatic rings. The van der Waals surface area contributed by atoms with Gasteiger partial charge in [0.1, 0.15) is 5.75 Å². The van der Waals surface area contributed by atoms with Gasteiger partial charge in [0.15, 0.2) is 0 Å². The first-order chi connectivity index (χ1) is 8.83. The van der Waals surface area contributed by atoms with E-state index < -0.39 is 0 Å². The van der Waals surface area contributed by atoms with Crippen molar-refractivity contribution in [2.75, 3.05) is 13.2 Å². The molecule has 1 aliphatic carbocycles. The third-order valence-electron chi connectivity index (χ3n) is 3.07. The summed E-state index contributed by atoms with van der Waals surface area (Å²) in [6.45, 7) is 3.45. The van der Waals surface area contributed by atoms with Gasteiger partial charge in [0, 0.05) is 19.3 Å². The summed E-state index contributed by atoms with van der Waals surface area (Å²) >= 11 is 0. The summed E-state index contributed by atoms with van der Waals surface area (Å²) in [4.78, 5) is 0. The molecule has 1 fully saturated rings. The monoisotopic (exact) mass is 250 g/mol. The van der Waals surface area contributed by atoms with Gasteiger partial charge in [-0.25, -0.2) is 0 Å². The summed E-state index contributed by atoms with van der Waals surface area (Å²) in [5, 5.41) is 0. The van der Waals surface area contributed by atoms with Crippen molar-refractivity contribution in [3.63, 3.8) is 0 Å². The van der Waals surface area contributed by atoms with E-state index in [4.69, 9.17) is 15.3 Å². The molecule has 1 aromatic rings. The molecular weight excluding hydrogens is 228 g/mol. The molecule has 0 spiro atoms. The first kappa shape index (κ1) is 13.3. The van der Waals surface area contributed by atoms with Crippen molar-refractivity contribution in [3.05, 3.63) is 29.8 Å². The third kappa shape index (κ3) is 3.98. The van der Waals surface area contributed by atoms with E-state index in [1.165, 1.54) is 18.4 Å². The van der Waals surface area contributed by atoms with Crippen molar-refractivity contribution >= 4 is 0 Å². The van der Waals surface area contributed by atoms with Gasteiger partial charge in [-0.15, -0.1) is 0 Å². The van der Waals surface area contributed by atoms with Crippen LogP contribution in [0.3, 0.4) is 0 Å². The summed E-state index contributed by atoms with van der Waals surface area (Å²) < 4.78 is 11.1. The van der Waals surface area contributed by atoms with Crippen LogP contribution in [0.1, 0.15) is 37.8 Å². The second-order valence-corrected chi connectivity index (χ2v) is 4.59. The van der Waals surface area contributed by atoms with Gasteiger partial charge in [0.05, 0.1) is 6.10 Å². The average Bonchev–Trinajstić information content (AvgIpc) is 3.20. The summed E-state index contributed by atoms with van der Waals surface area (Å²) in [6, 6.07) is 8.28. The predicted molar refractivity (Wildman–Crippen MR) is 71.3 cm³/mol. The maximum atomic E-state index is 5.72. The van der Waals surface area contributed by atoms with Crippen molar-refractivity contribution < 1.29 is 9.47 Å². The standard InChI is InChI=1S/C14H22N2O2/c1-2-17-10-9-14(16-15)11-3-5-12(6-4-11)18-13-7-8-13/h3-6,13-14,16H,2,7-10,15H2,1H3. The number of benzene rings is 1. The fourth-order valence-electron chi connectivity index (χ4n) is 1.85. The Bertz CT molecular complexity index is 349. The number of ether oxygens (including phenoxy) is 2. The van der Waals surface area contributed by atoms with E-state index in [1.54, 1.807) is 0 Å². The minimum Gasteiger partial charge on any atom is -0.490 e. The van der Waals surface area contributed by atoms with Gasteiger partial charge in [-0.1, -0.05) is 12.1 Å². The van der Waals surface area contributed by atoms with Gasteiger partial charge in [0.25, 0.3) is 0 Å². The predicted octanol–water partition coefficient (Wildman–Crippen LogP) is 2.16. The van der Waals surface area contributed by atoms with Crippen molar-refractivity contribution in [3.8, 4) is 5.75 Å². The van der Waals surface area contributed by atoms with Crippen LogP contribution in [0, 0.1) is 0 Å². The molecule has 0 aromatic heterocycles. The van der Waals surface area contributed by atoms with E-state index in [9.17, 15) is 0 Å². The Labute approximate surface area is 108 Å². The lowest BCUT2D eigenvalue weighted by molar-refractivity contribution is 0.136. The maximum absolute atomic E-state index is 5.72. The minimum absolute atomic E-state index is 0.131. The molecule has 1 aromatic carbocycles. The molecule has 3 N–H and O–H groups in total. The molecule has 4 nitrogen and oxygen atoms in total. The topological polar surface area (TPSA) is 56.5 Å². The zero-order chi connectivity index (χ0) is 12.8. The lowest BCUT2D eigenvalue weighted by Gasteiger charge is -2.16. The van der Waals surface area contributed by atoms with Crippen LogP contribution in [0.2, 0.25) is 0 Å². The highest BCUT2D eigenvalue weighted by Crippen LogP contribution is 2.27. The third-order valence-corrected chi connectivity index (χ3v) is 3.07. The van der Waals surface area contributed by atoms with Crippen LogP contribution >= 0.6 is 0 Å². The molecule has 100 valence electrons. The number of hydrogen-bond donors (Lipinski definition) is 2. The maximum Gasteiger partial charge on any atom is 0.119 e. The smallest absolute Gasteiger partial charge is 0.119 e. The molecule has 1 atom stereocenters. The Morgan fingerprint density at radius 2 is 2.06 bits per heavy atom. The molecule has 1 saturated carbocycles. The largest absolute Gasteiger partial charge is 0.490 e. The zero-order valence-electron chi connectivity index (χ0n) is 10.9. The normalized spacial score (nSPS) is 16.6. The summed E-state index contributed by atoms with van der Waals surface area (Å²) in [5.41, 5.74) is 4.00. The highest BCUT2D eigenvalue weighted by molar-refractivity contribution is 5.29. The van der Waals surface area contributed by atoms with Crippen molar-refractivity contribution in [1.29, 1.82) is 0 Å². The number of hydrogen-bond acceptors (Lipinski definition) is 4. The average molecular weight is 250 g/mol. The van der Waals surface area contributed by atoms with Crippen LogP contribution in [0.25, 0.3) is 0 Å². The Morgan fingerprint density at radius 1 is 1.33 bits per heavy atom. The van der Waals surface area contributed by atoms with E-state index in [-0.39, 0.29) is 6.04 Å². The van der Waals surface area contributed by atoms with Crippen LogP contribution < -0.4 is 16.0 Å². The summed E-state index contributed by atoms with van der Waals surface area (Å²) in [7, 11) is 0. The van der Waals surface area contributed by atoms with E-state index in [0.29, 0.717) is 12.7 Å². The highest BCUT2D eigenvalue weighted by atomic mass is 16.5. The summed E-state index contributed by atoms with van der Waals surface area (Å²) in [6.07, 6.45) is 3.68. The van der Waals surface area contributed by atoms with Crippen LogP contribution in [0.15, 0.2) is 24.3 Å². The second-order valence-electron chi connectivity index (χ2n) is 4.59. The van der Waals surface area contributed by atoms with Gasteiger partial charge in [0.2, 0.25) is 0 Å². The molecule has 18 heavy (non-hydrogen) atoms. The van der Waals surface area contributed by atoms with Gasteiger partial charge >= 0.3 is 0 Å². The lowest BCUT2D eigenvalue weighted by Crippen LogP contribution is -2.29. The molecule has 4 heteroatoms. The Morgan fingerprint density at radius 3 is 2.61 bits per heavy atom. The van der Waals surface area contributed by atoms with E-state index in [0.717, 1.165) is 18.8 Å². The Kier molecular flexibility index (Phi) is 4.99. The van der Waals surface area contributed by atoms with Crippen molar-refractivity contribution in [2.45, 2.75) is 38.3 Å². The number of hydrazine groups is 1. The Hall–Kier alpha value is -1.10. The van der Waals surface area contributed by atoms with Crippen LogP contribution in [-0.2, 0) is 4.74 Å². The fraction of sp³-hybridized carbons (Fsp3) is 0.571. The first-order valence-corrected chi connectivity index (χ1v) is 6.64.